The van der Waals surface area contributed by atoms with Crippen LogP contribution >= 0.6 is 0 Å². The predicted molar refractivity (Wildman–Crippen MR) is 102 cm³/mol. The van der Waals surface area contributed by atoms with Crippen molar-refractivity contribution in [3.63, 3.8) is 0 Å². The van der Waals surface area contributed by atoms with Crippen molar-refractivity contribution >= 4 is 16.9 Å². The number of pyridine rings is 1. The maximum atomic E-state index is 11.4. The predicted octanol–water partition coefficient (Wildman–Crippen LogP) is 4.95. The minimum absolute atomic E-state index is 0.366. The lowest BCUT2D eigenvalue weighted by atomic mass is 9.95. The Morgan fingerprint density at radius 1 is 1.12 bits per heavy atom. The summed E-state index contributed by atoms with van der Waals surface area (Å²) in [6.45, 7) is 2.25. The molecule has 0 bridgehead atoms. The minimum Gasteiger partial charge on any atom is -0.487 e. The first-order chi connectivity index (χ1) is 12.7. The molecule has 1 heterocycles. The van der Waals surface area contributed by atoms with E-state index in [4.69, 9.17) is 4.74 Å². The first kappa shape index (κ1) is 17.7. The number of hydrogen-bond donors (Lipinski definition) is 1. The van der Waals surface area contributed by atoms with Crippen molar-refractivity contribution in [2.75, 3.05) is 0 Å². The van der Waals surface area contributed by atoms with Crippen molar-refractivity contribution in [3.8, 4) is 5.75 Å². The number of allylic oxidation sites excluding steroid dienone is 2. The third-order valence-electron chi connectivity index (χ3n) is 4.23. The number of carbonyl (C=O) groups is 1. The Balaban J connectivity index is 1.67. The van der Waals surface area contributed by atoms with Crippen LogP contribution in [0, 0.1) is 0 Å². The maximum Gasteiger partial charge on any atom is 0.311 e. The van der Waals surface area contributed by atoms with Crippen LogP contribution in [0.15, 0.2) is 72.8 Å². The molecule has 0 aliphatic heterocycles. The fourth-order valence-electron chi connectivity index (χ4n) is 2.79. The number of nitrogens with zero attached hydrogens (tertiary/aromatic N) is 1. The van der Waals surface area contributed by atoms with Gasteiger partial charge in [0.2, 0.25) is 0 Å². The highest BCUT2D eigenvalue weighted by Crippen LogP contribution is 2.24. The highest BCUT2D eigenvalue weighted by Gasteiger charge is 2.18. The van der Waals surface area contributed by atoms with Crippen LogP contribution in [0.4, 0.5) is 0 Å². The van der Waals surface area contributed by atoms with Gasteiger partial charge in [0.05, 0.1) is 17.1 Å². The quantitative estimate of drug-likeness (QED) is 0.615. The van der Waals surface area contributed by atoms with Gasteiger partial charge in [-0.15, -0.1) is 0 Å². The van der Waals surface area contributed by atoms with Crippen LogP contribution < -0.4 is 4.74 Å². The average Bonchev–Trinajstić information content (AvgIpc) is 2.67. The second-order valence-electron chi connectivity index (χ2n) is 6.05. The number of rotatable bonds is 7. The zero-order chi connectivity index (χ0) is 18.4. The van der Waals surface area contributed by atoms with Gasteiger partial charge in [-0.3, -0.25) is 4.79 Å². The highest BCUT2D eigenvalue weighted by atomic mass is 16.5. The van der Waals surface area contributed by atoms with Crippen molar-refractivity contribution in [3.05, 3.63) is 84.1 Å². The molecule has 4 heteroatoms. The van der Waals surface area contributed by atoms with Gasteiger partial charge in [0.25, 0.3) is 0 Å². The molecule has 0 saturated carbocycles. The molecule has 1 N–H and O–H groups in total. The van der Waals surface area contributed by atoms with E-state index in [9.17, 15) is 9.90 Å². The maximum absolute atomic E-state index is 11.4. The molecule has 3 rings (SSSR count). The Bertz CT molecular complexity index is 916. The topological polar surface area (TPSA) is 59.4 Å². The molecule has 0 spiro atoms. The van der Waals surface area contributed by atoms with Gasteiger partial charge in [0.15, 0.2) is 0 Å². The first-order valence-corrected chi connectivity index (χ1v) is 8.59. The van der Waals surface area contributed by atoms with Crippen LogP contribution in [0.3, 0.4) is 0 Å². The van der Waals surface area contributed by atoms with Crippen molar-refractivity contribution in [1.29, 1.82) is 0 Å². The van der Waals surface area contributed by atoms with Crippen molar-refractivity contribution < 1.29 is 14.6 Å². The molecule has 1 atom stereocenters. The summed E-state index contributed by atoms with van der Waals surface area (Å²) in [5.41, 5.74) is 2.56. The van der Waals surface area contributed by atoms with Gasteiger partial charge in [-0.2, -0.15) is 0 Å². The van der Waals surface area contributed by atoms with E-state index >= 15 is 0 Å². The summed E-state index contributed by atoms with van der Waals surface area (Å²) in [5.74, 6) is -0.668. The second-order valence-corrected chi connectivity index (χ2v) is 6.05. The number of para-hydroxylation sites is 1. The van der Waals surface area contributed by atoms with Crippen molar-refractivity contribution in [1.82, 2.24) is 4.98 Å². The van der Waals surface area contributed by atoms with Gasteiger partial charge >= 0.3 is 5.97 Å². The van der Waals surface area contributed by atoms with Crippen LogP contribution in [-0.2, 0) is 11.4 Å². The largest absolute Gasteiger partial charge is 0.487 e. The van der Waals surface area contributed by atoms with E-state index in [1.165, 1.54) is 0 Å². The minimum atomic E-state index is -0.822. The van der Waals surface area contributed by atoms with Crippen molar-refractivity contribution in [2.45, 2.75) is 25.9 Å². The molecule has 0 aliphatic rings. The average molecular weight is 347 g/mol. The number of hydrogen-bond acceptors (Lipinski definition) is 3. The van der Waals surface area contributed by atoms with Crippen LogP contribution in [0.25, 0.3) is 10.9 Å². The third kappa shape index (κ3) is 4.28. The van der Waals surface area contributed by atoms with Crippen LogP contribution in [-0.4, -0.2) is 16.1 Å². The summed E-state index contributed by atoms with van der Waals surface area (Å²) >= 11 is 0. The van der Waals surface area contributed by atoms with Crippen LogP contribution in [0.1, 0.15) is 30.5 Å². The lowest BCUT2D eigenvalue weighted by molar-refractivity contribution is -0.138. The number of carboxylic acids is 1. The molecule has 0 amide bonds. The number of aromatic nitrogens is 1. The zero-order valence-electron chi connectivity index (χ0n) is 14.6. The third-order valence-corrected chi connectivity index (χ3v) is 4.23. The molecular formula is C22H21NO3. The number of ether oxygens (including phenoxy) is 1. The summed E-state index contributed by atoms with van der Waals surface area (Å²) in [5, 5.41) is 10.5. The van der Waals surface area contributed by atoms with E-state index in [1.807, 2.05) is 79.7 Å². The Kier molecular flexibility index (Phi) is 5.64. The summed E-state index contributed by atoms with van der Waals surface area (Å²) < 4.78 is 5.79. The molecule has 26 heavy (non-hydrogen) atoms. The highest BCUT2D eigenvalue weighted by molar-refractivity contribution is 5.78. The molecule has 0 saturated heterocycles. The fourth-order valence-corrected chi connectivity index (χ4v) is 2.79. The lowest BCUT2D eigenvalue weighted by Gasteiger charge is -2.12. The molecule has 0 fully saturated rings. The van der Waals surface area contributed by atoms with E-state index in [-0.39, 0.29) is 0 Å². The number of fused-ring (bicyclic) bond motifs is 1. The van der Waals surface area contributed by atoms with Gasteiger partial charge in [-0.1, -0.05) is 48.6 Å². The molecular weight excluding hydrogens is 326 g/mol. The zero-order valence-corrected chi connectivity index (χ0v) is 14.6. The Hall–Kier alpha value is -3.14. The molecule has 0 aliphatic carbocycles. The number of aliphatic carboxylic acids is 1. The lowest BCUT2D eigenvalue weighted by Crippen LogP contribution is -2.10. The van der Waals surface area contributed by atoms with Gasteiger partial charge in [-0.25, -0.2) is 4.98 Å². The molecule has 1 aromatic heterocycles. The Labute approximate surface area is 152 Å². The molecule has 2 aromatic carbocycles. The Morgan fingerprint density at radius 3 is 2.62 bits per heavy atom. The number of carboxylic acid groups (broad SMARTS) is 1. The van der Waals surface area contributed by atoms with Crippen molar-refractivity contribution in [2.24, 2.45) is 0 Å². The summed E-state index contributed by atoms with van der Waals surface area (Å²) in [4.78, 5) is 16.0. The normalized spacial score (nSPS) is 12.3. The SMILES string of the molecule is C/C=C/CC(C(=O)O)c1ccc(OCc2ccc3ccccc3n2)cc1. The van der Waals surface area contributed by atoms with Gasteiger partial charge in [-0.05, 0) is 43.2 Å². The van der Waals surface area contributed by atoms with Gasteiger partial charge in [0.1, 0.15) is 12.4 Å². The van der Waals surface area contributed by atoms with E-state index in [0.717, 1.165) is 22.2 Å². The molecule has 4 nitrogen and oxygen atoms in total. The fraction of sp³-hybridized carbons (Fsp3) is 0.182. The second kappa shape index (κ2) is 8.30. The van der Waals surface area contributed by atoms with E-state index in [2.05, 4.69) is 4.98 Å². The molecule has 3 aromatic rings. The van der Waals surface area contributed by atoms with E-state index in [1.54, 1.807) is 0 Å². The van der Waals surface area contributed by atoms with Gasteiger partial charge in [0, 0.05) is 5.39 Å². The summed E-state index contributed by atoms with van der Waals surface area (Å²) in [7, 11) is 0. The van der Waals surface area contributed by atoms with Crippen LogP contribution in [0.5, 0.6) is 5.75 Å². The summed E-state index contributed by atoms with van der Waals surface area (Å²) in [6, 6.07) is 19.2. The standard InChI is InChI=1S/C22H21NO3/c1-2-3-7-20(22(24)25)16-10-13-19(14-11-16)26-15-18-12-9-17-6-4-5-8-21(17)23-18/h2-6,8-14,20H,7,15H2,1H3,(H,24,25)/b3-2+. The first-order valence-electron chi connectivity index (χ1n) is 8.59. The molecule has 132 valence electrons. The molecule has 0 radical (unpaired) electrons. The summed E-state index contributed by atoms with van der Waals surface area (Å²) in [6.07, 6.45) is 4.21. The number of benzene rings is 2. The monoisotopic (exact) mass is 347 g/mol. The van der Waals surface area contributed by atoms with E-state index in [0.29, 0.717) is 18.8 Å². The Morgan fingerprint density at radius 2 is 1.88 bits per heavy atom. The van der Waals surface area contributed by atoms with Crippen LogP contribution in [0.2, 0.25) is 0 Å². The molecule has 1 unspecified atom stereocenters. The smallest absolute Gasteiger partial charge is 0.311 e. The van der Waals surface area contributed by atoms with Gasteiger partial charge < -0.3 is 9.84 Å². The van der Waals surface area contributed by atoms with E-state index < -0.39 is 11.9 Å².